The Labute approximate surface area is 124 Å². The lowest BCUT2D eigenvalue weighted by Gasteiger charge is -2.25. The molecule has 1 aromatic rings. The summed E-state index contributed by atoms with van der Waals surface area (Å²) in [5.41, 5.74) is 1.93. The van der Waals surface area contributed by atoms with Crippen LogP contribution in [0.3, 0.4) is 0 Å². The van der Waals surface area contributed by atoms with Crippen molar-refractivity contribution in [2.24, 2.45) is 5.92 Å². The molecule has 2 aliphatic rings. The molecule has 4 nitrogen and oxygen atoms in total. The van der Waals surface area contributed by atoms with Crippen molar-refractivity contribution < 1.29 is 14.7 Å². The molecule has 0 heterocycles. The third-order valence-corrected chi connectivity index (χ3v) is 4.90. The van der Waals surface area contributed by atoms with E-state index in [1.807, 2.05) is 24.3 Å². The number of benzene rings is 1. The number of nitrogens with one attached hydrogen (secondary N) is 1. The number of carbonyl (C=O) groups excluding carboxylic acids is 1. The highest BCUT2D eigenvalue weighted by Crippen LogP contribution is 2.36. The summed E-state index contributed by atoms with van der Waals surface area (Å²) in [5, 5.41) is 12.0. The first-order valence-electron chi connectivity index (χ1n) is 7.79. The Hall–Kier alpha value is -1.84. The van der Waals surface area contributed by atoms with Gasteiger partial charge in [0.15, 0.2) is 0 Å². The van der Waals surface area contributed by atoms with Crippen LogP contribution in [0.2, 0.25) is 0 Å². The van der Waals surface area contributed by atoms with Gasteiger partial charge in [0, 0.05) is 11.6 Å². The van der Waals surface area contributed by atoms with Crippen LogP contribution in [0.15, 0.2) is 24.3 Å². The van der Waals surface area contributed by atoms with E-state index in [1.54, 1.807) is 0 Å². The largest absolute Gasteiger partial charge is 0.481 e. The molecule has 4 heteroatoms. The molecule has 0 aliphatic heterocycles. The van der Waals surface area contributed by atoms with E-state index in [2.05, 4.69) is 5.32 Å². The second-order valence-corrected chi connectivity index (χ2v) is 6.21. The average molecular weight is 287 g/mol. The number of carbonyl (C=O) groups is 2. The molecule has 2 N–H and O–H groups in total. The number of carboxylic acids is 1. The number of hydrogen-bond acceptors (Lipinski definition) is 2. The summed E-state index contributed by atoms with van der Waals surface area (Å²) < 4.78 is 0. The summed E-state index contributed by atoms with van der Waals surface area (Å²) in [4.78, 5) is 23.4. The van der Waals surface area contributed by atoms with E-state index in [0.717, 1.165) is 12.8 Å². The number of rotatable bonds is 4. The van der Waals surface area contributed by atoms with Crippen molar-refractivity contribution in [2.75, 3.05) is 0 Å². The normalized spacial score (nSPS) is 25.3. The van der Waals surface area contributed by atoms with E-state index in [9.17, 15) is 9.59 Å². The first-order valence-corrected chi connectivity index (χ1v) is 7.79. The SMILES string of the molecule is O=C(N[C@H]1CCC[C@H]1C(=O)O)c1ccc(C2CCC2)cc1. The summed E-state index contributed by atoms with van der Waals surface area (Å²) in [6.45, 7) is 0. The molecule has 2 aliphatic carbocycles. The predicted molar refractivity (Wildman–Crippen MR) is 79.3 cm³/mol. The molecule has 0 spiro atoms. The molecular weight excluding hydrogens is 266 g/mol. The van der Waals surface area contributed by atoms with Crippen LogP contribution >= 0.6 is 0 Å². The van der Waals surface area contributed by atoms with Gasteiger partial charge in [0.1, 0.15) is 0 Å². The fourth-order valence-electron chi connectivity index (χ4n) is 3.33. The third-order valence-electron chi connectivity index (χ3n) is 4.90. The lowest BCUT2D eigenvalue weighted by atomic mass is 9.80. The molecule has 21 heavy (non-hydrogen) atoms. The topological polar surface area (TPSA) is 66.4 Å². The molecule has 2 atom stereocenters. The van der Waals surface area contributed by atoms with E-state index in [-0.39, 0.29) is 11.9 Å². The molecule has 112 valence electrons. The van der Waals surface area contributed by atoms with Gasteiger partial charge in [0.05, 0.1) is 5.92 Å². The van der Waals surface area contributed by atoms with Gasteiger partial charge in [-0.05, 0) is 49.3 Å². The summed E-state index contributed by atoms with van der Waals surface area (Å²) >= 11 is 0. The van der Waals surface area contributed by atoms with Crippen LogP contribution in [0.1, 0.15) is 60.4 Å². The van der Waals surface area contributed by atoms with Crippen LogP contribution < -0.4 is 5.32 Å². The smallest absolute Gasteiger partial charge is 0.308 e. The zero-order chi connectivity index (χ0) is 14.8. The standard InChI is InChI=1S/C17H21NO3/c19-16(18-15-6-2-5-14(15)17(20)21)13-9-7-12(8-10-13)11-3-1-4-11/h7-11,14-15H,1-6H2,(H,18,19)(H,20,21)/t14-,15+/m1/s1. The van der Waals surface area contributed by atoms with Crippen LogP contribution in [0.4, 0.5) is 0 Å². The number of amides is 1. The van der Waals surface area contributed by atoms with E-state index in [1.165, 1.54) is 24.8 Å². The number of hydrogen-bond donors (Lipinski definition) is 2. The number of aliphatic carboxylic acids is 1. The summed E-state index contributed by atoms with van der Waals surface area (Å²) in [6.07, 6.45) is 6.05. The lowest BCUT2D eigenvalue weighted by Crippen LogP contribution is -2.40. The first kappa shape index (κ1) is 14.1. The van der Waals surface area contributed by atoms with Gasteiger partial charge in [-0.3, -0.25) is 9.59 Å². The second kappa shape index (κ2) is 5.88. The van der Waals surface area contributed by atoms with Gasteiger partial charge in [-0.15, -0.1) is 0 Å². The molecule has 0 saturated heterocycles. The highest BCUT2D eigenvalue weighted by Gasteiger charge is 2.34. The summed E-state index contributed by atoms with van der Waals surface area (Å²) in [7, 11) is 0. The monoisotopic (exact) mass is 287 g/mol. The second-order valence-electron chi connectivity index (χ2n) is 6.21. The Morgan fingerprint density at radius 1 is 1.00 bits per heavy atom. The molecule has 0 unspecified atom stereocenters. The van der Waals surface area contributed by atoms with Crippen molar-refractivity contribution in [3.63, 3.8) is 0 Å². The fourth-order valence-corrected chi connectivity index (χ4v) is 3.33. The van der Waals surface area contributed by atoms with E-state index in [0.29, 0.717) is 17.9 Å². The van der Waals surface area contributed by atoms with Gasteiger partial charge < -0.3 is 10.4 Å². The molecule has 1 amide bonds. The molecule has 2 saturated carbocycles. The zero-order valence-corrected chi connectivity index (χ0v) is 12.0. The Morgan fingerprint density at radius 3 is 2.24 bits per heavy atom. The van der Waals surface area contributed by atoms with Crippen molar-refractivity contribution in [1.29, 1.82) is 0 Å². The molecule has 1 aromatic carbocycles. The van der Waals surface area contributed by atoms with Crippen LogP contribution in [-0.2, 0) is 4.79 Å². The Kier molecular flexibility index (Phi) is 3.95. The van der Waals surface area contributed by atoms with Gasteiger partial charge in [-0.2, -0.15) is 0 Å². The quantitative estimate of drug-likeness (QED) is 0.894. The van der Waals surface area contributed by atoms with Gasteiger partial charge in [0.25, 0.3) is 5.91 Å². The Balaban J connectivity index is 1.63. The summed E-state index contributed by atoms with van der Waals surface area (Å²) in [5.74, 6) is -0.747. The zero-order valence-electron chi connectivity index (χ0n) is 12.0. The van der Waals surface area contributed by atoms with Gasteiger partial charge >= 0.3 is 5.97 Å². The van der Waals surface area contributed by atoms with Crippen LogP contribution in [0.5, 0.6) is 0 Å². The van der Waals surface area contributed by atoms with Crippen molar-refractivity contribution in [1.82, 2.24) is 5.32 Å². The van der Waals surface area contributed by atoms with Crippen LogP contribution in [0, 0.1) is 5.92 Å². The Morgan fingerprint density at radius 2 is 1.67 bits per heavy atom. The van der Waals surface area contributed by atoms with Crippen molar-refractivity contribution >= 4 is 11.9 Å². The fraction of sp³-hybridized carbons (Fsp3) is 0.529. The molecular formula is C17H21NO3. The molecule has 0 radical (unpaired) electrons. The van der Waals surface area contributed by atoms with Crippen molar-refractivity contribution in [3.05, 3.63) is 35.4 Å². The van der Waals surface area contributed by atoms with Crippen molar-refractivity contribution in [3.8, 4) is 0 Å². The highest BCUT2D eigenvalue weighted by molar-refractivity contribution is 5.94. The van der Waals surface area contributed by atoms with Crippen LogP contribution in [0.25, 0.3) is 0 Å². The molecule has 3 rings (SSSR count). The minimum Gasteiger partial charge on any atom is -0.481 e. The molecule has 2 fully saturated rings. The first-order chi connectivity index (χ1) is 10.1. The van der Waals surface area contributed by atoms with Crippen LogP contribution in [-0.4, -0.2) is 23.0 Å². The van der Waals surface area contributed by atoms with Gasteiger partial charge in [-0.25, -0.2) is 0 Å². The molecule has 0 bridgehead atoms. The highest BCUT2D eigenvalue weighted by atomic mass is 16.4. The lowest BCUT2D eigenvalue weighted by molar-refractivity contribution is -0.142. The number of carboxylic acid groups (broad SMARTS) is 1. The van der Waals surface area contributed by atoms with E-state index >= 15 is 0 Å². The third kappa shape index (κ3) is 2.94. The minimum atomic E-state index is -0.807. The maximum absolute atomic E-state index is 12.2. The van der Waals surface area contributed by atoms with Gasteiger partial charge in [-0.1, -0.05) is 25.0 Å². The predicted octanol–water partition coefficient (Wildman–Crippen LogP) is 2.94. The van der Waals surface area contributed by atoms with Gasteiger partial charge in [0.2, 0.25) is 0 Å². The van der Waals surface area contributed by atoms with Crippen molar-refractivity contribution in [2.45, 2.75) is 50.5 Å². The maximum atomic E-state index is 12.2. The average Bonchev–Trinajstić information content (AvgIpc) is 2.86. The van der Waals surface area contributed by atoms with E-state index < -0.39 is 11.9 Å². The molecule has 0 aromatic heterocycles. The maximum Gasteiger partial charge on any atom is 0.308 e. The Bertz CT molecular complexity index is 533. The van der Waals surface area contributed by atoms with E-state index in [4.69, 9.17) is 5.11 Å². The summed E-state index contributed by atoms with van der Waals surface area (Å²) in [6, 6.07) is 7.53. The minimum absolute atomic E-state index is 0.159.